The molecule has 0 aliphatic carbocycles. The minimum atomic E-state index is -3.68. The van der Waals surface area contributed by atoms with Gasteiger partial charge in [0.1, 0.15) is 15.6 Å². The Kier molecular flexibility index (Phi) is 4.32. The number of rotatable bonds is 3. The first-order valence-corrected chi connectivity index (χ1v) is 10.1. The van der Waals surface area contributed by atoms with Crippen molar-refractivity contribution in [2.45, 2.75) is 43.0 Å². The second-order valence-electron chi connectivity index (χ2n) is 6.56. The van der Waals surface area contributed by atoms with Gasteiger partial charge in [-0.2, -0.15) is 0 Å². The third-order valence-electron chi connectivity index (χ3n) is 3.89. The van der Waals surface area contributed by atoms with E-state index in [9.17, 15) is 8.42 Å². The highest BCUT2D eigenvalue weighted by Gasteiger charge is 2.36. The van der Waals surface area contributed by atoms with E-state index < -0.39 is 21.7 Å². The van der Waals surface area contributed by atoms with E-state index in [-0.39, 0.29) is 4.21 Å². The van der Waals surface area contributed by atoms with Crippen molar-refractivity contribution >= 4 is 38.6 Å². The van der Waals surface area contributed by atoms with E-state index in [0.29, 0.717) is 22.2 Å². The number of ether oxygens (including phenoxy) is 1. The zero-order valence-electron chi connectivity index (χ0n) is 13.6. The highest BCUT2D eigenvalue weighted by atomic mass is 35.5. The molecule has 8 heteroatoms. The normalized spacial score (nSPS) is 19.6. The molecule has 3 rings (SSSR count). The monoisotopic (exact) mass is 386 g/mol. The van der Waals surface area contributed by atoms with Gasteiger partial charge in [-0.3, -0.25) is 0 Å². The number of nitrogens with two attached hydrogens (primary N) is 1. The molecule has 1 aromatic carbocycles. The largest absolute Gasteiger partial charge is 0.487 e. The van der Waals surface area contributed by atoms with Crippen molar-refractivity contribution in [3.63, 3.8) is 0 Å². The van der Waals surface area contributed by atoms with Gasteiger partial charge < -0.3 is 10.5 Å². The van der Waals surface area contributed by atoms with Crippen LogP contribution in [0.15, 0.2) is 28.5 Å². The van der Waals surface area contributed by atoms with Gasteiger partial charge in [0.2, 0.25) is 0 Å². The number of sulfonamides is 1. The molecular weight excluding hydrogens is 368 g/mol. The summed E-state index contributed by atoms with van der Waals surface area (Å²) in [6, 6.07) is 6.44. The minimum absolute atomic E-state index is 0.208. The van der Waals surface area contributed by atoms with Gasteiger partial charge in [0.15, 0.2) is 0 Å². The first kappa shape index (κ1) is 17.5. The first-order chi connectivity index (χ1) is 11.1. The number of thiophene rings is 1. The van der Waals surface area contributed by atoms with Crippen LogP contribution in [0.2, 0.25) is 4.34 Å². The van der Waals surface area contributed by atoms with Crippen molar-refractivity contribution in [3.8, 4) is 5.75 Å². The molecule has 3 N–H and O–H groups in total. The lowest BCUT2D eigenvalue weighted by molar-refractivity contribution is 0.0702. The summed E-state index contributed by atoms with van der Waals surface area (Å²) in [5.41, 5.74) is 7.44. The molecule has 130 valence electrons. The summed E-state index contributed by atoms with van der Waals surface area (Å²) < 4.78 is 34.9. The topological polar surface area (TPSA) is 81.4 Å². The smallest absolute Gasteiger partial charge is 0.250 e. The fraction of sp³-hybridized carbons (Fsp3) is 0.375. The van der Waals surface area contributed by atoms with E-state index in [1.165, 1.54) is 0 Å². The van der Waals surface area contributed by atoms with Crippen LogP contribution in [-0.4, -0.2) is 14.0 Å². The highest BCUT2D eigenvalue weighted by molar-refractivity contribution is 7.91. The standard InChI is InChI=1S/C16H19ClN2O3S2/c1-9-6-14(23-15(9)17)24(20,21)19-12-8-16(2,3)22-13-5-4-10(18)7-11(12)13/h4-7,12,19H,8,18H2,1-3H3. The predicted octanol–water partition coefficient (Wildman–Crippen LogP) is 3.87. The minimum Gasteiger partial charge on any atom is -0.487 e. The lowest BCUT2D eigenvalue weighted by atomic mass is 9.90. The molecule has 0 radical (unpaired) electrons. The number of hydrogen-bond donors (Lipinski definition) is 2. The van der Waals surface area contributed by atoms with Crippen molar-refractivity contribution < 1.29 is 13.2 Å². The van der Waals surface area contributed by atoms with E-state index in [4.69, 9.17) is 22.1 Å². The quantitative estimate of drug-likeness (QED) is 0.784. The number of nitrogens with one attached hydrogen (secondary N) is 1. The van der Waals surface area contributed by atoms with Gasteiger partial charge in [0.25, 0.3) is 10.0 Å². The molecule has 0 saturated carbocycles. The Morgan fingerprint density at radius 3 is 2.71 bits per heavy atom. The molecule has 1 atom stereocenters. The summed E-state index contributed by atoms with van der Waals surface area (Å²) in [4.78, 5) is 0. The van der Waals surface area contributed by atoms with Crippen molar-refractivity contribution in [2.24, 2.45) is 0 Å². The molecule has 24 heavy (non-hydrogen) atoms. The van der Waals surface area contributed by atoms with E-state index in [0.717, 1.165) is 22.5 Å². The molecule has 2 aromatic rings. The van der Waals surface area contributed by atoms with E-state index in [2.05, 4.69) is 4.72 Å². The maximum Gasteiger partial charge on any atom is 0.250 e. The van der Waals surface area contributed by atoms with Gasteiger partial charge in [-0.05, 0) is 50.6 Å². The molecule has 0 fully saturated rings. The van der Waals surface area contributed by atoms with Crippen LogP contribution in [0.1, 0.15) is 37.4 Å². The summed E-state index contributed by atoms with van der Waals surface area (Å²) in [6.07, 6.45) is 0.501. The van der Waals surface area contributed by atoms with Crippen LogP contribution in [0.5, 0.6) is 5.75 Å². The Labute approximate surface area is 150 Å². The number of nitrogen functional groups attached to an aromatic ring is 1. The fourth-order valence-electron chi connectivity index (χ4n) is 2.79. The molecule has 1 aliphatic heterocycles. The van der Waals surface area contributed by atoms with Crippen molar-refractivity contribution in [3.05, 3.63) is 39.7 Å². The van der Waals surface area contributed by atoms with Crippen LogP contribution in [0, 0.1) is 6.92 Å². The van der Waals surface area contributed by atoms with Crippen molar-refractivity contribution in [2.75, 3.05) is 5.73 Å². The lowest BCUT2D eigenvalue weighted by Crippen LogP contribution is -2.41. The number of anilines is 1. The zero-order valence-corrected chi connectivity index (χ0v) is 16.0. The van der Waals surface area contributed by atoms with Gasteiger partial charge >= 0.3 is 0 Å². The maximum absolute atomic E-state index is 12.7. The van der Waals surface area contributed by atoms with Crippen LogP contribution in [0.4, 0.5) is 5.69 Å². The van der Waals surface area contributed by atoms with E-state index >= 15 is 0 Å². The molecular formula is C16H19ClN2O3S2. The Balaban J connectivity index is 1.98. The first-order valence-electron chi connectivity index (χ1n) is 7.44. The lowest BCUT2D eigenvalue weighted by Gasteiger charge is -2.37. The van der Waals surface area contributed by atoms with Crippen LogP contribution in [-0.2, 0) is 10.0 Å². The summed E-state index contributed by atoms with van der Waals surface area (Å²) in [5.74, 6) is 0.647. The van der Waals surface area contributed by atoms with E-state index in [1.54, 1.807) is 31.2 Å². The van der Waals surface area contributed by atoms with E-state index in [1.807, 2.05) is 13.8 Å². The second-order valence-corrected chi connectivity index (χ2v) is 10.2. The highest BCUT2D eigenvalue weighted by Crippen LogP contribution is 2.41. The van der Waals surface area contributed by atoms with Crippen LogP contribution < -0.4 is 15.2 Å². The molecule has 0 saturated heterocycles. The number of fused-ring (bicyclic) bond motifs is 1. The van der Waals surface area contributed by atoms with Gasteiger partial charge in [-0.25, -0.2) is 13.1 Å². The zero-order chi connectivity index (χ0) is 17.7. The summed E-state index contributed by atoms with van der Waals surface area (Å²) in [5, 5.41) is 0. The Morgan fingerprint density at radius 1 is 1.38 bits per heavy atom. The Bertz CT molecular complexity index is 871. The van der Waals surface area contributed by atoms with Crippen LogP contribution in [0.25, 0.3) is 0 Å². The maximum atomic E-state index is 12.7. The molecule has 1 aliphatic rings. The average molecular weight is 387 g/mol. The Morgan fingerprint density at radius 2 is 2.08 bits per heavy atom. The molecule has 5 nitrogen and oxygen atoms in total. The number of hydrogen-bond acceptors (Lipinski definition) is 5. The van der Waals surface area contributed by atoms with Gasteiger partial charge in [-0.1, -0.05) is 11.6 Å². The molecule has 1 unspecified atom stereocenters. The van der Waals surface area contributed by atoms with Gasteiger partial charge in [-0.15, -0.1) is 11.3 Å². The summed E-state index contributed by atoms with van der Waals surface area (Å²) >= 11 is 7.07. The summed E-state index contributed by atoms with van der Waals surface area (Å²) in [6.45, 7) is 5.64. The van der Waals surface area contributed by atoms with Gasteiger partial charge in [0.05, 0.1) is 10.4 Å². The van der Waals surface area contributed by atoms with Gasteiger partial charge in [0, 0.05) is 17.7 Å². The predicted molar refractivity (Wildman–Crippen MR) is 97.3 cm³/mol. The molecule has 0 bridgehead atoms. The third-order valence-corrected chi connectivity index (χ3v) is 7.39. The molecule has 0 spiro atoms. The number of aryl methyl sites for hydroxylation is 1. The molecule has 0 amide bonds. The molecule has 2 heterocycles. The number of benzene rings is 1. The second kappa shape index (κ2) is 5.91. The number of halogens is 1. The fourth-order valence-corrected chi connectivity index (χ4v) is 5.73. The third kappa shape index (κ3) is 3.39. The molecule has 1 aromatic heterocycles. The SMILES string of the molecule is Cc1cc(S(=O)(=O)NC2CC(C)(C)Oc3ccc(N)cc32)sc1Cl. The average Bonchev–Trinajstić information content (AvgIpc) is 2.79. The summed E-state index contributed by atoms with van der Waals surface area (Å²) in [7, 11) is -3.68. The van der Waals surface area contributed by atoms with Crippen LogP contribution in [0.3, 0.4) is 0 Å². The van der Waals surface area contributed by atoms with Crippen molar-refractivity contribution in [1.29, 1.82) is 0 Å². The Hall–Kier alpha value is -1.28. The van der Waals surface area contributed by atoms with Crippen LogP contribution >= 0.6 is 22.9 Å². The van der Waals surface area contributed by atoms with Crippen molar-refractivity contribution in [1.82, 2.24) is 4.72 Å².